The fraction of sp³-hybridized carbons (Fsp3) is 0.941. The lowest BCUT2D eigenvalue weighted by Gasteiger charge is -2.35. The van der Waals surface area contributed by atoms with Crippen molar-refractivity contribution in [3.63, 3.8) is 0 Å². The van der Waals surface area contributed by atoms with Crippen molar-refractivity contribution in [3.05, 3.63) is 0 Å². The summed E-state index contributed by atoms with van der Waals surface area (Å²) in [4.78, 5) is 14.8. The molecule has 2 aliphatic rings. The molecular weight excluding hydrogens is 234 g/mol. The van der Waals surface area contributed by atoms with Crippen LogP contribution in [0.15, 0.2) is 0 Å². The van der Waals surface area contributed by atoms with Crippen LogP contribution in [0.4, 0.5) is 0 Å². The standard InChI is InChI=1S/C17H31NO/c1-12(2)15-7-8-17(19)16(9-15)11-18(13(3)4)10-14-5-6-14/h12-16H,5-11H2,1-4H3. The van der Waals surface area contributed by atoms with E-state index in [1.807, 2.05) is 0 Å². The first kappa shape index (κ1) is 15.0. The van der Waals surface area contributed by atoms with Gasteiger partial charge in [0.15, 0.2) is 0 Å². The molecule has 0 aromatic heterocycles. The Kier molecular flexibility index (Phi) is 5.05. The minimum absolute atomic E-state index is 0.308. The maximum atomic E-state index is 12.2. The topological polar surface area (TPSA) is 20.3 Å². The van der Waals surface area contributed by atoms with Crippen molar-refractivity contribution < 1.29 is 4.79 Å². The third-order valence-electron chi connectivity index (χ3n) is 5.12. The van der Waals surface area contributed by atoms with Crippen molar-refractivity contribution in [1.82, 2.24) is 4.90 Å². The molecule has 2 atom stereocenters. The number of rotatable bonds is 6. The molecule has 2 rings (SSSR count). The van der Waals surface area contributed by atoms with Crippen LogP contribution in [-0.2, 0) is 4.79 Å². The fourth-order valence-corrected chi connectivity index (χ4v) is 3.34. The van der Waals surface area contributed by atoms with E-state index in [0.717, 1.165) is 43.6 Å². The van der Waals surface area contributed by atoms with E-state index in [1.54, 1.807) is 0 Å². The lowest BCUT2D eigenvalue weighted by molar-refractivity contribution is -0.126. The maximum Gasteiger partial charge on any atom is 0.137 e. The quantitative estimate of drug-likeness (QED) is 0.729. The van der Waals surface area contributed by atoms with Gasteiger partial charge in [-0.25, -0.2) is 0 Å². The zero-order valence-corrected chi connectivity index (χ0v) is 13.2. The van der Waals surface area contributed by atoms with E-state index in [4.69, 9.17) is 0 Å². The predicted octanol–water partition coefficient (Wildman–Crippen LogP) is 3.75. The molecule has 2 nitrogen and oxygen atoms in total. The summed E-state index contributed by atoms with van der Waals surface area (Å²) in [7, 11) is 0. The minimum atomic E-state index is 0.308. The second-order valence-corrected chi connectivity index (χ2v) is 7.43. The summed E-state index contributed by atoms with van der Waals surface area (Å²) in [6, 6.07) is 0.577. The van der Waals surface area contributed by atoms with E-state index in [9.17, 15) is 4.79 Å². The summed E-state index contributed by atoms with van der Waals surface area (Å²) in [6.07, 6.45) is 5.87. The summed E-state index contributed by atoms with van der Waals surface area (Å²) in [5.41, 5.74) is 0. The van der Waals surface area contributed by atoms with Crippen molar-refractivity contribution in [2.75, 3.05) is 13.1 Å². The first-order valence-corrected chi connectivity index (χ1v) is 8.24. The summed E-state index contributed by atoms with van der Waals surface area (Å²) in [5, 5.41) is 0. The number of ketones is 1. The molecule has 2 fully saturated rings. The van der Waals surface area contributed by atoms with Crippen LogP contribution in [0.25, 0.3) is 0 Å². The van der Waals surface area contributed by atoms with Crippen molar-refractivity contribution in [1.29, 1.82) is 0 Å². The lowest BCUT2D eigenvalue weighted by Crippen LogP contribution is -2.41. The molecule has 19 heavy (non-hydrogen) atoms. The second kappa shape index (κ2) is 6.39. The van der Waals surface area contributed by atoms with Crippen LogP contribution in [-0.4, -0.2) is 29.8 Å². The van der Waals surface area contributed by atoms with E-state index in [0.29, 0.717) is 17.7 Å². The van der Waals surface area contributed by atoms with Crippen LogP contribution >= 0.6 is 0 Å². The highest BCUT2D eigenvalue weighted by molar-refractivity contribution is 5.82. The Bertz CT molecular complexity index is 306. The van der Waals surface area contributed by atoms with E-state index >= 15 is 0 Å². The molecule has 0 radical (unpaired) electrons. The Hall–Kier alpha value is -0.370. The van der Waals surface area contributed by atoms with Crippen LogP contribution in [0.3, 0.4) is 0 Å². The highest BCUT2D eigenvalue weighted by Crippen LogP contribution is 2.34. The number of Topliss-reactive ketones (excluding diaryl/α,β-unsaturated/α-hetero) is 1. The van der Waals surface area contributed by atoms with Crippen LogP contribution in [0.1, 0.15) is 59.8 Å². The fourth-order valence-electron chi connectivity index (χ4n) is 3.34. The first-order valence-electron chi connectivity index (χ1n) is 8.24. The van der Waals surface area contributed by atoms with E-state index in [-0.39, 0.29) is 0 Å². The SMILES string of the molecule is CC(C)C1CCC(=O)C(CN(CC2CC2)C(C)C)C1. The van der Waals surface area contributed by atoms with Gasteiger partial charge in [0.2, 0.25) is 0 Å². The molecule has 0 aliphatic heterocycles. The third-order valence-corrected chi connectivity index (χ3v) is 5.12. The largest absolute Gasteiger partial charge is 0.300 e. The van der Waals surface area contributed by atoms with Crippen LogP contribution in [0.2, 0.25) is 0 Å². The smallest absolute Gasteiger partial charge is 0.137 e. The predicted molar refractivity (Wildman–Crippen MR) is 80.1 cm³/mol. The van der Waals surface area contributed by atoms with Gasteiger partial charge in [0.05, 0.1) is 0 Å². The van der Waals surface area contributed by atoms with E-state index in [1.165, 1.54) is 19.4 Å². The molecule has 0 spiro atoms. The Labute approximate surface area is 118 Å². The highest BCUT2D eigenvalue weighted by atomic mass is 16.1. The van der Waals surface area contributed by atoms with Gasteiger partial charge in [-0.3, -0.25) is 9.69 Å². The number of carbonyl (C=O) groups excluding carboxylic acids is 1. The Morgan fingerprint density at radius 3 is 2.32 bits per heavy atom. The first-order chi connectivity index (χ1) is 8.97. The molecular formula is C17H31NO. The summed E-state index contributed by atoms with van der Waals surface area (Å²) >= 11 is 0. The molecule has 0 aromatic rings. The Morgan fingerprint density at radius 2 is 1.79 bits per heavy atom. The molecule has 0 aromatic carbocycles. The molecule has 2 aliphatic carbocycles. The van der Waals surface area contributed by atoms with Gasteiger partial charge in [-0.05, 0) is 57.3 Å². The Balaban J connectivity index is 1.91. The molecule has 110 valence electrons. The molecule has 0 N–H and O–H groups in total. The van der Waals surface area contributed by atoms with Gasteiger partial charge in [-0.2, -0.15) is 0 Å². The van der Waals surface area contributed by atoms with Gasteiger partial charge in [-0.1, -0.05) is 13.8 Å². The molecule has 0 amide bonds. The van der Waals surface area contributed by atoms with Gasteiger partial charge >= 0.3 is 0 Å². The average molecular weight is 265 g/mol. The van der Waals surface area contributed by atoms with Crippen LogP contribution in [0, 0.1) is 23.7 Å². The molecule has 0 saturated heterocycles. The Morgan fingerprint density at radius 1 is 1.11 bits per heavy atom. The van der Waals surface area contributed by atoms with Gasteiger partial charge < -0.3 is 0 Å². The molecule has 2 saturated carbocycles. The number of nitrogens with zero attached hydrogens (tertiary/aromatic N) is 1. The van der Waals surface area contributed by atoms with E-state index in [2.05, 4.69) is 32.6 Å². The van der Waals surface area contributed by atoms with E-state index < -0.39 is 0 Å². The number of carbonyl (C=O) groups is 1. The van der Waals surface area contributed by atoms with Gasteiger partial charge in [0.1, 0.15) is 5.78 Å². The normalized spacial score (nSPS) is 28.7. The van der Waals surface area contributed by atoms with Crippen LogP contribution < -0.4 is 0 Å². The molecule has 2 heteroatoms. The van der Waals surface area contributed by atoms with Crippen LogP contribution in [0.5, 0.6) is 0 Å². The highest BCUT2D eigenvalue weighted by Gasteiger charge is 2.33. The molecule has 0 bridgehead atoms. The average Bonchev–Trinajstić information content (AvgIpc) is 3.14. The third kappa shape index (κ3) is 4.30. The minimum Gasteiger partial charge on any atom is -0.300 e. The zero-order valence-electron chi connectivity index (χ0n) is 13.2. The molecule has 2 unspecified atom stereocenters. The van der Waals surface area contributed by atoms with Crippen molar-refractivity contribution in [3.8, 4) is 0 Å². The van der Waals surface area contributed by atoms with Gasteiger partial charge in [0.25, 0.3) is 0 Å². The van der Waals surface area contributed by atoms with Gasteiger partial charge in [0, 0.05) is 31.5 Å². The number of hydrogen-bond donors (Lipinski definition) is 0. The van der Waals surface area contributed by atoms with Crippen molar-refractivity contribution in [2.24, 2.45) is 23.7 Å². The zero-order chi connectivity index (χ0) is 14.0. The van der Waals surface area contributed by atoms with Crippen molar-refractivity contribution >= 4 is 5.78 Å². The second-order valence-electron chi connectivity index (χ2n) is 7.43. The monoisotopic (exact) mass is 265 g/mol. The number of hydrogen-bond acceptors (Lipinski definition) is 2. The summed E-state index contributed by atoms with van der Waals surface area (Å²) in [6.45, 7) is 11.4. The van der Waals surface area contributed by atoms with Gasteiger partial charge in [-0.15, -0.1) is 0 Å². The lowest BCUT2D eigenvalue weighted by atomic mass is 9.75. The maximum absolute atomic E-state index is 12.2. The van der Waals surface area contributed by atoms with Crippen molar-refractivity contribution in [2.45, 2.75) is 65.8 Å². The summed E-state index contributed by atoms with van der Waals surface area (Å²) in [5.74, 6) is 3.24. The summed E-state index contributed by atoms with van der Waals surface area (Å²) < 4.78 is 0. The molecule has 0 heterocycles.